The molecule has 0 heterocycles. The predicted molar refractivity (Wildman–Crippen MR) is 47.6 cm³/mol. The number of hydrogen-bond acceptors (Lipinski definition) is 0. The molecule has 1 rings (SSSR count). The third-order valence-corrected chi connectivity index (χ3v) is 1.77. The van der Waals surface area contributed by atoms with Gasteiger partial charge in [0.2, 0.25) is 0 Å². The van der Waals surface area contributed by atoms with Gasteiger partial charge in [0.25, 0.3) is 0 Å². The van der Waals surface area contributed by atoms with Gasteiger partial charge in [-0.05, 0) is 18.2 Å². The second-order valence-corrected chi connectivity index (χ2v) is 3.27. The average molecular weight is 259 g/mol. The van der Waals surface area contributed by atoms with E-state index in [1.165, 1.54) is 0 Å². The summed E-state index contributed by atoms with van der Waals surface area (Å²) < 4.78 is 2.21. The van der Waals surface area contributed by atoms with Crippen molar-refractivity contribution in [3.05, 3.63) is 33.2 Å². The Labute approximate surface area is 93.6 Å². The van der Waals surface area contributed by atoms with E-state index in [9.17, 15) is 0 Å². The first-order chi connectivity index (χ1) is 3.79. The molecule has 0 nitrogen and oxygen atoms in total. The van der Waals surface area contributed by atoms with Gasteiger partial charge in [0.05, 0.1) is 0 Å². The summed E-state index contributed by atoms with van der Waals surface area (Å²) in [4.78, 5) is 0. The molecule has 0 N–H and O–H groups in total. The summed E-state index contributed by atoms with van der Waals surface area (Å²) in [6.07, 6.45) is 0. The van der Waals surface area contributed by atoms with E-state index < -0.39 is 0 Å². The van der Waals surface area contributed by atoms with E-state index in [-0.39, 0.29) is 29.6 Å². The molecule has 0 aliphatic heterocycles. The summed E-state index contributed by atoms with van der Waals surface area (Å²) in [7, 11) is 0. The summed E-state index contributed by atoms with van der Waals surface area (Å²) in [5.41, 5.74) is 0. The maximum Gasteiger partial charge on any atom is 0.0186 e. The van der Waals surface area contributed by atoms with E-state index in [1.54, 1.807) is 0 Å². The zero-order valence-corrected chi connectivity index (χ0v) is 10.2. The van der Waals surface area contributed by atoms with Crippen molar-refractivity contribution in [2.45, 2.75) is 0 Å². The van der Waals surface area contributed by atoms with Crippen LogP contribution in [0.4, 0.5) is 0 Å². The molecule has 0 aliphatic carbocycles. The smallest absolute Gasteiger partial charge is 0.0186 e. The average Bonchev–Trinajstić information content (AvgIpc) is 1.64. The molecule has 3 heteroatoms. The Bertz CT molecular complexity index is 171. The Morgan fingerprint density at radius 3 is 1.67 bits per heavy atom. The second-order valence-electron chi connectivity index (χ2n) is 1.44. The summed E-state index contributed by atoms with van der Waals surface area (Å²) in [6.45, 7) is 0. The monoisotopic (exact) mass is 257 g/mol. The van der Waals surface area contributed by atoms with Crippen LogP contribution in [-0.4, -0.2) is 29.6 Å². The molecule has 1 radical (unpaired) electrons. The van der Waals surface area contributed by atoms with Crippen LogP contribution in [0.15, 0.2) is 33.2 Å². The third-order valence-electron chi connectivity index (χ3n) is 0.787. The van der Waals surface area contributed by atoms with Crippen LogP contribution in [0.2, 0.25) is 0 Å². The van der Waals surface area contributed by atoms with Crippen molar-refractivity contribution in [2.24, 2.45) is 0 Å². The van der Waals surface area contributed by atoms with Crippen molar-refractivity contribution in [2.75, 3.05) is 0 Å². The van der Waals surface area contributed by atoms with E-state index >= 15 is 0 Å². The molecule has 0 bridgehead atoms. The summed E-state index contributed by atoms with van der Waals surface area (Å²) in [5, 5.41) is 0. The molecule has 0 saturated heterocycles. The molecule has 0 amide bonds. The fourth-order valence-corrected chi connectivity index (χ4v) is 1.57. The predicted octanol–water partition coefficient (Wildman–Crippen LogP) is 2.83. The molecule has 0 spiro atoms. The molecule has 0 saturated carbocycles. The Hall–Kier alpha value is 1.18. The number of benzene rings is 1. The van der Waals surface area contributed by atoms with Gasteiger partial charge in [-0.2, -0.15) is 0 Å². The zero-order valence-electron chi connectivity index (χ0n) is 5.07. The topological polar surface area (TPSA) is 0 Å². The van der Waals surface area contributed by atoms with E-state index in [0.717, 1.165) is 8.95 Å². The quantitative estimate of drug-likeness (QED) is 0.628. The van der Waals surface area contributed by atoms with Crippen LogP contribution in [0, 0.1) is 0 Å². The van der Waals surface area contributed by atoms with Gasteiger partial charge in [0.1, 0.15) is 0 Å². The summed E-state index contributed by atoms with van der Waals surface area (Å²) >= 11 is 6.66. The maximum absolute atomic E-state index is 3.33. The molecule has 0 aliphatic rings. The van der Waals surface area contributed by atoms with Crippen molar-refractivity contribution in [3.8, 4) is 0 Å². The molecule has 9 heavy (non-hydrogen) atoms. The van der Waals surface area contributed by atoms with E-state index in [2.05, 4.69) is 31.9 Å². The van der Waals surface area contributed by atoms with Gasteiger partial charge in [-0.1, -0.05) is 37.9 Å². The molecule has 0 fully saturated rings. The first-order valence-corrected chi connectivity index (χ1v) is 3.79. The standard InChI is InChI=1S/C6H4Br2.Na/c7-5-2-1-3-6(8)4-5;/h1-4H;. The zero-order chi connectivity index (χ0) is 5.98. The molecular weight excluding hydrogens is 255 g/mol. The van der Waals surface area contributed by atoms with Crippen molar-refractivity contribution in [3.63, 3.8) is 0 Å². The van der Waals surface area contributed by atoms with E-state index in [4.69, 9.17) is 0 Å². The van der Waals surface area contributed by atoms with Crippen molar-refractivity contribution in [1.82, 2.24) is 0 Å². The van der Waals surface area contributed by atoms with Crippen LogP contribution in [0.3, 0.4) is 0 Å². The van der Waals surface area contributed by atoms with E-state index in [0.29, 0.717) is 0 Å². The first kappa shape index (κ1) is 10.2. The van der Waals surface area contributed by atoms with Gasteiger partial charge in [0.15, 0.2) is 0 Å². The van der Waals surface area contributed by atoms with Crippen LogP contribution in [0.25, 0.3) is 0 Å². The Morgan fingerprint density at radius 1 is 1.00 bits per heavy atom. The van der Waals surface area contributed by atoms with Crippen LogP contribution < -0.4 is 0 Å². The SMILES string of the molecule is Brc1cccc(Br)c1.[Na]. The van der Waals surface area contributed by atoms with Crippen LogP contribution in [-0.2, 0) is 0 Å². The van der Waals surface area contributed by atoms with Gasteiger partial charge >= 0.3 is 0 Å². The summed E-state index contributed by atoms with van der Waals surface area (Å²) in [5.74, 6) is 0. The normalized spacial score (nSPS) is 8.22. The molecule has 0 atom stereocenters. The third kappa shape index (κ3) is 3.79. The van der Waals surface area contributed by atoms with Crippen molar-refractivity contribution >= 4 is 61.4 Å². The fraction of sp³-hybridized carbons (Fsp3) is 0. The Balaban J connectivity index is 0.000000640. The minimum absolute atomic E-state index is 0. The Morgan fingerprint density at radius 2 is 1.44 bits per heavy atom. The van der Waals surface area contributed by atoms with Gasteiger partial charge in [-0.25, -0.2) is 0 Å². The first-order valence-electron chi connectivity index (χ1n) is 2.20. The number of halogens is 2. The largest absolute Gasteiger partial charge is 0.0600 e. The van der Waals surface area contributed by atoms with Crippen LogP contribution in [0.5, 0.6) is 0 Å². The van der Waals surface area contributed by atoms with Crippen LogP contribution >= 0.6 is 31.9 Å². The number of rotatable bonds is 0. The minimum atomic E-state index is 0. The number of hydrogen-bond donors (Lipinski definition) is 0. The van der Waals surface area contributed by atoms with Crippen LogP contribution in [0.1, 0.15) is 0 Å². The molecular formula is C6H4Br2Na. The summed E-state index contributed by atoms with van der Waals surface area (Å²) in [6, 6.07) is 7.96. The fourth-order valence-electron chi connectivity index (χ4n) is 0.460. The van der Waals surface area contributed by atoms with E-state index in [1.807, 2.05) is 24.3 Å². The Kier molecular flexibility index (Phi) is 5.56. The molecule has 1 aromatic carbocycles. The molecule has 1 aromatic rings. The van der Waals surface area contributed by atoms with Gasteiger partial charge in [-0.15, -0.1) is 0 Å². The van der Waals surface area contributed by atoms with Crippen molar-refractivity contribution < 1.29 is 0 Å². The second kappa shape index (κ2) is 4.91. The molecule has 43 valence electrons. The molecule has 0 aromatic heterocycles. The molecule has 0 unspecified atom stereocenters. The van der Waals surface area contributed by atoms with Gasteiger partial charge in [0, 0.05) is 38.5 Å². The van der Waals surface area contributed by atoms with Gasteiger partial charge < -0.3 is 0 Å². The van der Waals surface area contributed by atoms with Crippen molar-refractivity contribution in [1.29, 1.82) is 0 Å². The maximum atomic E-state index is 3.33. The van der Waals surface area contributed by atoms with Gasteiger partial charge in [-0.3, -0.25) is 0 Å². The minimum Gasteiger partial charge on any atom is -0.0600 e.